The average molecular weight is 281 g/mol. The fourth-order valence-corrected chi connectivity index (χ4v) is 3.42. The Morgan fingerprint density at radius 1 is 1.35 bits per heavy atom. The molecule has 0 spiro atoms. The van der Waals surface area contributed by atoms with Gasteiger partial charge in [-0.3, -0.25) is 9.59 Å². The zero-order valence-electron chi connectivity index (χ0n) is 13.1. The highest BCUT2D eigenvalue weighted by Crippen LogP contribution is 2.25. The van der Waals surface area contributed by atoms with Crippen molar-refractivity contribution in [2.75, 3.05) is 19.6 Å². The maximum Gasteiger partial charge on any atom is 0.245 e. The van der Waals surface area contributed by atoms with Gasteiger partial charge in [-0.15, -0.1) is 0 Å². The van der Waals surface area contributed by atoms with Crippen molar-refractivity contribution in [3.05, 3.63) is 0 Å². The number of rotatable bonds is 3. The van der Waals surface area contributed by atoms with Gasteiger partial charge in [0.2, 0.25) is 11.8 Å². The summed E-state index contributed by atoms with van der Waals surface area (Å²) in [6.07, 6.45) is 2.11. The van der Waals surface area contributed by atoms with Crippen molar-refractivity contribution in [2.24, 2.45) is 5.92 Å². The summed E-state index contributed by atoms with van der Waals surface area (Å²) in [5.74, 6) is 0.218. The lowest BCUT2D eigenvalue weighted by Crippen LogP contribution is -2.68. The van der Waals surface area contributed by atoms with E-state index in [-0.39, 0.29) is 29.8 Å². The molecular weight excluding hydrogens is 254 g/mol. The normalized spacial score (nSPS) is 32.6. The molecule has 3 unspecified atom stereocenters. The van der Waals surface area contributed by atoms with E-state index in [0.29, 0.717) is 0 Å². The number of likely N-dealkylation sites (tertiary alicyclic amines) is 1. The second kappa shape index (κ2) is 6.12. The molecule has 1 N–H and O–H groups in total. The first-order valence-electron chi connectivity index (χ1n) is 7.80. The zero-order valence-corrected chi connectivity index (χ0v) is 13.1. The molecule has 2 rings (SSSR count). The van der Waals surface area contributed by atoms with Crippen molar-refractivity contribution in [1.29, 1.82) is 0 Å². The van der Waals surface area contributed by atoms with Gasteiger partial charge in [0.1, 0.15) is 12.1 Å². The minimum atomic E-state index is -0.394. The summed E-state index contributed by atoms with van der Waals surface area (Å²) < 4.78 is 0. The van der Waals surface area contributed by atoms with E-state index >= 15 is 0 Å². The van der Waals surface area contributed by atoms with E-state index in [9.17, 15) is 9.59 Å². The smallest absolute Gasteiger partial charge is 0.245 e. The Bertz CT molecular complexity index is 383. The molecule has 5 nitrogen and oxygen atoms in total. The van der Waals surface area contributed by atoms with E-state index in [1.165, 1.54) is 0 Å². The van der Waals surface area contributed by atoms with Crippen LogP contribution in [0, 0.1) is 5.92 Å². The summed E-state index contributed by atoms with van der Waals surface area (Å²) >= 11 is 0. The van der Waals surface area contributed by atoms with Crippen molar-refractivity contribution in [1.82, 2.24) is 15.1 Å². The predicted octanol–water partition coefficient (Wildman–Crippen LogP) is 0.842. The number of nitrogens with one attached hydrogen (secondary N) is 1. The van der Waals surface area contributed by atoms with Gasteiger partial charge in [0, 0.05) is 12.6 Å². The van der Waals surface area contributed by atoms with E-state index in [1.54, 1.807) is 6.92 Å². The Morgan fingerprint density at radius 3 is 2.65 bits per heavy atom. The van der Waals surface area contributed by atoms with Crippen molar-refractivity contribution >= 4 is 11.8 Å². The highest BCUT2D eigenvalue weighted by Gasteiger charge is 2.44. The van der Waals surface area contributed by atoms with Crippen LogP contribution < -0.4 is 5.32 Å². The second-order valence-electron chi connectivity index (χ2n) is 6.35. The highest BCUT2D eigenvalue weighted by atomic mass is 16.2. The van der Waals surface area contributed by atoms with Gasteiger partial charge >= 0.3 is 0 Å². The van der Waals surface area contributed by atoms with Crippen LogP contribution in [0.25, 0.3) is 0 Å². The van der Waals surface area contributed by atoms with Crippen LogP contribution in [-0.2, 0) is 9.59 Å². The second-order valence-corrected chi connectivity index (χ2v) is 6.35. The Labute approximate surface area is 121 Å². The van der Waals surface area contributed by atoms with E-state index < -0.39 is 6.04 Å². The van der Waals surface area contributed by atoms with Crippen molar-refractivity contribution < 1.29 is 9.59 Å². The van der Waals surface area contributed by atoms with E-state index in [0.717, 1.165) is 32.5 Å². The summed E-state index contributed by atoms with van der Waals surface area (Å²) in [7, 11) is 0. The first-order valence-corrected chi connectivity index (χ1v) is 7.80. The van der Waals surface area contributed by atoms with Gasteiger partial charge in [-0.2, -0.15) is 0 Å². The number of carbonyl (C=O) groups is 2. The summed E-state index contributed by atoms with van der Waals surface area (Å²) in [5, 5.41) is 2.81. The third-order valence-electron chi connectivity index (χ3n) is 4.50. The molecule has 2 aliphatic rings. The van der Waals surface area contributed by atoms with Crippen LogP contribution in [0.15, 0.2) is 0 Å². The Kier molecular flexibility index (Phi) is 4.68. The van der Waals surface area contributed by atoms with Crippen LogP contribution in [-0.4, -0.2) is 59.4 Å². The SMILES string of the molecule is CCN1CCCC(N2C(=O)C(C)NC(=O)C2C(C)C)C1. The monoisotopic (exact) mass is 281 g/mol. The van der Waals surface area contributed by atoms with Crippen LogP contribution >= 0.6 is 0 Å². The molecule has 0 aromatic carbocycles. The topological polar surface area (TPSA) is 52.6 Å². The lowest BCUT2D eigenvalue weighted by Gasteiger charge is -2.47. The number of piperazine rings is 1. The maximum atomic E-state index is 12.6. The number of amides is 2. The molecule has 2 saturated heterocycles. The van der Waals surface area contributed by atoms with Crippen LogP contribution in [0.4, 0.5) is 0 Å². The molecule has 3 atom stereocenters. The highest BCUT2D eigenvalue weighted by molar-refractivity contribution is 5.97. The maximum absolute atomic E-state index is 12.6. The third-order valence-corrected chi connectivity index (χ3v) is 4.50. The van der Waals surface area contributed by atoms with Crippen LogP contribution in [0.2, 0.25) is 0 Å². The fraction of sp³-hybridized carbons (Fsp3) is 0.867. The number of piperidine rings is 1. The molecule has 2 heterocycles. The molecule has 20 heavy (non-hydrogen) atoms. The predicted molar refractivity (Wildman–Crippen MR) is 78.2 cm³/mol. The number of likely N-dealkylation sites (N-methyl/N-ethyl adjacent to an activating group) is 1. The van der Waals surface area contributed by atoms with Gasteiger partial charge in [0.05, 0.1) is 0 Å². The summed E-state index contributed by atoms with van der Waals surface area (Å²) in [6, 6.07) is -0.535. The summed E-state index contributed by atoms with van der Waals surface area (Å²) in [6.45, 7) is 11.0. The van der Waals surface area contributed by atoms with E-state index in [4.69, 9.17) is 0 Å². The van der Waals surface area contributed by atoms with Crippen molar-refractivity contribution in [3.63, 3.8) is 0 Å². The fourth-order valence-electron chi connectivity index (χ4n) is 3.42. The number of hydrogen-bond acceptors (Lipinski definition) is 3. The number of nitrogens with zero attached hydrogens (tertiary/aromatic N) is 2. The number of hydrogen-bond donors (Lipinski definition) is 1. The van der Waals surface area contributed by atoms with Gasteiger partial charge in [0.15, 0.2) is 0 Å². The largest absolute Gasteiger partial charge is 0.343 e. The standard InChI is InChI=1S/C15H27N3O2/c1-5-17-8-6-7-12(9-17)18-13(10(2)3)14(19)16-11(4)15(18)20/h10-13H,5-9H2,1-4H3,(H,16,19). The Balaban J connectivity index is 2.23. The van der Waals surface area contributed by atoms with Crippen LogP contribution in [0.1, 0.15) is 40.5 Å². The minimum absolute atomic E-state index is 0.000668. The van der Waals surface area contributed by atoms with Crippen LogP contribution in [0.3, 0.4) is 0 Å². The molecular formula is C15H27N3O2. The molecule has 0 saturated carbocycles. The van der Waals surface area contributed by atoms with Gasteiger partial charge < -0.3 is 15.1 Å². The first kappa shape index (κ1) is 15.3. The molecule has 2 fully saturated rings. The lowest BCUT2D eigenvalue weighted by molar-refractivity contribution is -0.155. The molecule has 2 aliphatic heterocycles. The summed E-state index contributed by atoms with van der Waals surface area (Å²) in [5.41, 5.74) is 0. The van der Waals surface area contributed by atoms with Gasteiger partial charge in [-0.1, -0.05) is 20.8 Å². The third kappa shape index (κ3) is 2.82. The molecule has 0 bridgehead atoms. The van der Waals surface area contributed by atoms with Gasteiger partial charge in [-0.25, -0.2) is 0 Å². The molecule has 114 valence electrons. The van der Waals surface area contributed by atoms with Crippen molar-refractivity contribution in [2.45, 2.75) is 58.7 Å². The molecule has 0 aromatic heterocycles. The molecule has 0 aliphatic carbocycles. The number of carbonyl (C=O) groups excluding carboxylic acids is 2. The summed E-state index contributed by atoms with van der Waals surface area (Å²) in [4.78, 5) is 29.1. The Hall–Kier alpha value is -1.10. The Morgan fingerprint density at radius 2 is 2.05 bits per heavy atom. The van der Waals surface area contributed by atoms with Gasteiger partial charge in [0.25, 0.3) is 0 Å². The molecule has 0 radical (unpaired) electrons. The average Bonchev–Trinajstić information content (AvgIpc) is 2.42. The van der Waals surface area contributed by atoms with Gasteiger partial charge in [-0.05, 0) is 38.8 Å². The minimum Gasteiger partial charge on any atom is -0.343 e. The molecule has 2 amide bonds. The first-order chi connectivity index (χ1) is 9.45. The van der Waals surface area contributed by atoms with E-state index in [1.807, 2.05) is 18.7 Å². The quantitative estimate of drug-likeness (QED) is 0.834. The zero-order chi connectivity index (χ0) is 14.9. The van der Waals surface area contributed by atoms with E-state index in [2.05, 4.69) is 17.1 Å². The van der Waals surface area contributed by atoms with Crippen LogP contribution in [0.5, 0.6) is 0 Å². The lowest BCUT2D eigenvalue weighted by atomic mass is 9.92. The molecule has 0 aromatic rings. The molecule has 5 heteroatoms. The van der Waals surface area contributed by atoms with Crippen molar-refractivity contribution in [3.8, 4) is 0 Å².